The van der Waals surface area contributed by atoms with Gasteiger partial charge >= 0.3 is 5.69 Å². The Bertz CT molecular complexity index is 990. The first-order valence-electron chi connectivity index (χ1n) is 7.68. The van der Waals surface area contributed by atoms with Crippen LogP contribution in [0.2, 0.25) is 0 Å². The molecule has 0 bridgehead atoms. The minimum atomic E-state index is -0.847. The first-order valence-corrected chi connectivity index (χ1v) is 7.68. The molecule has 2 aromatic heterocycles. The molecule has 0 unspecified atom stereocenters. The Morgan fingerprint density at radius 1 is 1.29 bits per heavy atom. The van der Waals surface area contributed by atoms with Crippen LogP contribution < -0.4 is 16.6 Å². The zero-order chi connectivity index (χ0) is 17.5. The van der Waals surface area contributed by atoms with Gasteiger partial charge in [0.25, 0.3) is 11.5 Å². The lowest BCUT2D eigenvalue weighted by atomic mass is 9.99. The summed E-state index contributed by atoms with van der Waals surface area (Å²) >= 11 is 0. The van der Waals surface area contributed by atoms with Crippen molar-refractivity contribution in [1.29, 1.82) is 5.26 Å². The minimum absolute atomic E-state index is 0.185. The number of nitriles is 1. The normalized spacial score (nSPS) is 16.0. The van der Waals surface area contributed by atoms with Crippen LogP contribution in [-0.2, 0) is 14.1 Å². The van der Waals surface area contributed by atoms with Gasteiger partial charge in [-0.2, -0.15) is 5.26 Å². The Morgan fingerprint density at radius 3 is 2.58 bits per heavy atom. The number of fused-ring (bicyclic) bond motifs is 1. The Hall–Kier alpha value is -2.95. The minimum Gasteiger partial charge on any atom is -0.334 e. The number of aryl methyl sites for hydroxylation is 1. The van der Waals surface area contributed by atoms with Crippen LogP contribution in [0.1, 0.15) is 36.0 Å². The Balaban J connectivity index is 2.06. The van der Waals surface area contributed by atoms with Gasteiger partial charge in [-0.15, -0.1) is 0 Å². The average Bonchev–Trinajstić information content (AvgIpc) is 3.06. The SMILES string of the molecule is Cn1c(=O)c2cc(C(=O)NC3(C#N)CCCC3)cnc2n(C)c1=O. The van der Waals surface area contributed by atoms with E-state index in [9.17, 15) is 19.6 Å². The van der Waals surface area contributed by atoms with Gasteiger partial charge in [0.1, 0.15) is 11.2 Å². The van der Waals surface area contributed by atoms with Gasteiger partial charge in [-0.25, -0.2) is 9.78 Å². The van der Waals surface area contributed by atoms with Gasteiger partial charge in [0, 0.05) is 20.3 Å². The van der Waals surface area contributed by atoms with Gasteiger partial charge < -0.3 is 5.32 Å². The number of nitrogens with one attached hydrogen (secondary N) is 1. The molecule has 1 aliphatic carbocycles. The van der Waals surface area contributed by atoms with Crippen LogP contribution in [-0.4, -0.2) is 25.6 Å². The highest BCUT2D eigenvalue weighted by molar-refractivity contribution is 5.97. The maximum Gasteiger partial charge on any atom is 0.332 e. The molecule has 0 atom stereocenters. The van der Waals surface area contributed by atoms with Gasteiger partial charge in [0.05, 0.1) is 17.0 Å². The molecule has 124 valence electrons. The van der Waals surface area contributed by atoms with Gasteiger partial charge in [0.2, 0.25) is 0 Å². The fourth-order valence-corrected chi connectivity index (χ4v) is 3.12. The number of carbonyl (C=O) groups is 1. The molecule has 8 heteroatoms. The van der Waals surface area contributed by atoms with Crippen molar-refractivity contribution in [2.75, 3.05) is 0 Å². The predicted molar refractivity (Wildman–Crippen MR) is 86.5 cm³/mol. The molecule has 0 aliphatic heterocycles. The van der Waals surface area contributed by atoms with E-state index in [1.807, 2.05) is 0 Å². The van der Waals surface area contributed by atoms with E-state index in [0.29, 0.717) is 12.8 Å². The van der Waals surface area contributed by atoms with Crippen LogP contribution >= 0.6 is 0 Å². The molecule has 1 saturated carbocycles. The third-order valence-electron chi connectivity index (χ3n) is 4.58. The third-order valence-corrected chi connectivity index (χ3v) is 4.58. The largest absolute Gasteiger partial charge is 0.334 e. The predicted octanol–water partition coefficient (Wildman–Crippen LogP) is 0.198. The topological polar surface area (TPSA) is 110 Å². The van der Waals surface area contributed by atoms with E-state index in [1.54, 1.807) is 0 Å². The molecular formula is C16H17N5O3. The summed E-state index contributed by atoms with van der Waals surface area (Å²) in [5.41, 5.74) is -1.42. The van der Waals surface area contributed by atoms with E-state index in [1.165, 1.54) is 30.9 Å². The highest BCUT2D eigenvalue weighted by Gasteiger charge is 2.35. The molecule has 0 radical (unpaired) electrons. The third kappa shape index (κ3) is 2.38. The van der Waals surface area contributed by atoms with Crippen molar-refractivity contribution < 1.29 is 4.79 Å². The summed E-state index contributed by atoms with van der Waals surface area (Å²) in [5, 5.41) is 12.3. The highest BCUT2D eigenvalue weighted by Crippen LogP contribution is 2.29. The second-order valence-electron chi connectivity index (χ2n) is 6.16. The van der Waals surface area contributed by atoms with E-state index >= 15 is 0 Å². The summed E-state index contributed by atoms with van der Waals surface area (Å²) in [6, 6.07) is 3.60. The molecule has 8 nitrogen and oxygen atoms in total. The molecule has 24 heavy (non-hydrogen) atoms. The Labute approximate surface area is 137 Å². The van der Waals surface area contributed by atoms with Crippen molar-refractivity contribution in [3.05, 3.63) is 38.7 Å². The molecule has 1 amide bonds. The molecule has 1 aliphatic rings. The van der Waals surface area contributed by atoms with E-state index in [0.717, 1.165) is 17.4 Å². The van der Waals surface area contributed by atoms with Crippen molar-refractivity contribution in [1.82, 2.24) is 19.4 Å². The maximum atomic E-state index is 12.5. The van der Waals surface area contributed by atoms with Crippen LogP contribution in [0, 0.1) is 11.3 Å². The first kappa shape index (κ1) is 15.9. The number of nitrogens with zero attached hydrogens (tertiary/aromatic N) is 4. The van der Waals surface area contributed by atoms with Gasteiger partial charge in [-0.1, -0.05) is 0 Å². The Kier molecular flexibility index (Phi) is 3.72. The summed E-state index contributed by atoms with van der Waals surface area (Å²) in [6.07, 6.45) is 4.34. The fourth-order valence-electron chi connectivity index (χ4n) is 3.12. The zero-order valence-electron chi connectivity index (χ0n) is 13.5. The molecule has 0 saturated heterocycles. The summed E-state index contributed by atoms with van der Waals surface area (Å²) < 4.78 is 2.23. The Morgan fingerprint density at radius 2 is 1.96 bits per heavy atom. The number of amides is 1. The quantitative estimate of drug-likeness (QED) is 0.847. The molecule has 0 aromatic carbocycles. The maximum absolute atomic E-state index is 12.5. The van der Waals surface area contributed by atoms with Crippen molar-refractivity contribution >= 4 is 16.9 Å². The number of pyridine rings is 1. The number of hydrogen-bond donors (Lipinski definition) is 1. The zero-order valence-corrected chi connectivity index (χ0v) is 13.5. The standard InChI is InChI=1S/C16H17N5O3/c1-20-12-11(14(23)21(2)15(20)24)7-10(8-18-12)13(22)19-16(9-17)5-3-4-6-16/h7-8H,3-6H2,1-2H3,(H,19,22). The molecule has 0 spiro atoms. The lowest BCUT2D eigenvalue weighted by Crippen LogP contribution is -2.45. The molecule has 3 rings (SSSR count). The van der Waals surface area contributed by atoms with Crippen molar-refractivity contribution in [2.24, 2.45) is 14.1 Å². The van der Waals surface area contributed by atoms with Crippen LogP contribution in [0.5, 0.6) is 0 Å². The summed E-state index contributed by atoms with van der Waals surface area (Å²) in [7, 11) is 2.89. The summed E-state index contributed by atoms with van der Waals surface area (Å²) in [6.45, 7) is 0. The molecule has 1 fully saturated rings. The van der Waals surface area contributed by atoms with Crippen LogP contribution in [0.25, 0.3) is 11.0 Å². The highest BCUT2D eigenvalue weighted by atomic mass is 16.2. The number of aromatic nitrogens is 3. The average molecular weight is 327 g/mol. The van der Waals surface area contributed by atoms with E-state index < -0.39 is 22.7 Å². The number of rotatable bonds is 2. The first-order chi connectivity index (χ1) is 11.4. The van der Waals surface area contributed by atoms with Crippen molar-refractivity contribution in [2.45, 2.75) is 31.2 Å². The van der Waals surface area contributed by atoms with Crippen LogP contribution in [0.15, 0.2) is 21.9 Å². The van der Waals surface area contributed by atoms with Gasteiger partial charge in [-0.3, -0.25) is 18.7 Å². The molecule has 1 N–H and O–H groups in total. The van der Waals surface area contributed by atoms with E-state index in [2.05, 4.69) is 16.4 Å². The van der Waals surface area contributed by atoms with E-state index in [-0.39, 0.29) is 16.6 Å². The van der Waals surface area contributed by atoms with Crippen molar-refractivity contribution in [3.8, 4) is 6.07 Å². The second kappa shape index (κ2) is 5.60. The van der Waals surface area contributed by atoms with Crippen molar-refractivity contribution in [3.63, 3.8) is 0 Å². The molecular weight excluding hydrogens is 310 g/mol. The lowest BCUT2D eigenvalue weighted by Gasteiger charge is -2.21. The summed E-state index contributed by atoms with van der Waals surface area (Å²) in [5.74, 6) is -0.441. The summed E-state index contributed by atoms with van der Waals surface area (Å²) in [4.78, 5) is 40.7. The molecule has 2 aromatic rings. The number of hydrogen-bond acceptors (Lipinski definition) is 5. The van der Waals surface area contributed by atoms with Crippen LogP contribution in [0.4, 0.5) is 0 Å². The molecule has 2 heterocycles. The van der Waals surface area contributed by atoms with Gasteiger partial charge in [0.15, 0.2) is 0 Å². The number of carbonyl (C=O) groups excluding carboxylic acids is 1. The lowest BCUT2D eigenvalue weighted by molar-refractivity contribution is 0.0920. The smallest absolute Gasteiger partial charge is 0.332 e. The van der Waals surface area contributed by atoms with Gasteiger partial charge in [-0.05, 0) is 31.7 Å². The van der Waals surface area contributed by atoms with E-state index in [4.69, 9.17) is 0 Å². The fraction of sp³-hybridized carbons (Fsp3) is 0.438. The van der Waals surface area contributed by atoms with Crippen LogP contribution in [0.3, 0.4) is 0 Å². The second-order valence-corrected chi connectivity index (χ2v) is 6.16. The monoisotopic (exact) mass is 327 g/mol.